The number of fused-ring (bicyclic) bond motifs is 1. The van der Waals surface area contributed by atoms with Crippen molar-refractivity contribution in [2.45, 2.75) is 63.2 Å². The van der Waals surface area contributed by atoms with Crippen LogP contribution in [0, 0.1) is 6.92 Å². The highest BCUT2D eigenvalue weighted by Gasteiger charge is 2.59. The van der Waals surface area contributed by atoms with Crippen molar-refractivity contribution in [3.8, 4) is 11.5 Å². The lowest BCUT2D eigenvalue weighted by Crippen LogP contribution is -2.53. The summed E-state index contributed by atoms with van der Waals surface area (Å²) in [6.45, 7) is 6.30. The fraction of sp³-hybridized carbons (Fsp3) is 0.600. The first-order valence-corrected chi connectivity index (χ1v) is 12.0. The molecular formula is C25H34N2O8. The number of hydrogen-bond donors (Lipinski definition) is 5. The molecule has 0 saturated carbocycles. The monoisotopic (exact) mass is 490 g/mol. The molecule has 0 aliphatic carbocycles. The van der Waals surface area contributed by atoms with Crippen molar-refractivity contribution in [3.63, 3.8) is 0 Å². The molecule has 2 saturated heterocycles. The van der Waals surface area contributed by atoms with Crippen LogP contribution in [0.25, 0.3) is 11.0 Å². The van der Waals surface area contributed by atoms with Gasteiger partial charge in [-0.3, -0.25) is 14.5 Å². The summed E-state index contributed by atoms with van der Waals surface area (Å²) in [5.41, 5.74) is -2.23. The third-order valence-corrected chi connectivity index (χ3v) is 7.95. The predicted molar refractivity (Wildman–Crippen MR) is 128 cm³/mol. The van der Waals surface area contributed by atoms with Crippen LogP contribution in [0.15, 0.2) is 15.3 Å². The standard InChI is InChI=1S/C25H34N2O8/c1-5-25(24(33)34)20(16(30)11-27(25)6-2)19-21(31)17(13-7-8-26(4)10-15(13)29)23-18(22(19)32)14(28)9-12(3)35-23/h9,13,15-16,20,29-32H,5-8,10-11H2,1-4H3,(H,33,34). The summed E-state index contributed by atoms with van der Waals surface area (Å²) in [5, 5.41) is 55.2. The Morgan fingerprint density at radius 1 is 1.14 bits per heavy atom. The van der Waals surface area contributed by atoms with E-state index in [1.807, 2.05) is 11.9 Å². The van der Waals surface area contributed by atoms with E-state index in [-0.39, 0.29) is 40.8 Å². The lowest BCUT2D eigenvalue weighted by Gasteiger charge is -2.39. The number of benzene rings is 1. The Bertz CT molecular complexity index is 1210. The van der Waals surface area contributed by atoms with Crippen molar-refractivity contribution in [2.75, 3.05) is 33.2 Å². The van der Waals surface area contributed by atoms with Gasteiger partial charge in [0.2, 0.25) is 0 Å². The maximum atomic E-state index is 13.1. The SMILES string of the molecule is CCN1CC(O)C(c2c(O)c(C3CCN(C)CC3O)c3oc(C)cc(=O)c3c2O)C1(CC)C(=O)O. The summed E-state index contributed by atoms with van der Waals surface area (Å²) in [6, 6.07) is 1.21. The molecule has 192 valence electrons. The van der Waals surface area contributed by atoms with E-state index in [0.29, 0.717) is 26.1 Å². The third-order valence-electron chi connectivity index (χ3n) is 7.95. The van der Waals surface area contributed by atoms with Gasteiger partial charge in [0.25, 0.3) is 0 Å². The molecule has 2 aromatic rings. The van der Waals surface area contributed by atoms with Gasteiger partial charge in [0.1, 0.15) is 33.8 Å². The van der Waals surface area contributed by atoms with Gasteiger partial charge in [0, 0.05) is 42.1 Å². The molecule has 5 N–H and O–H groups in total. The van der Waals surface area contributed by atoms with E-state index in [2.05, 4.69) is 0 Å². The minimum atomic E-state index is -1.62. The Labute approximate surface area is 203 Å². The van der Waals surface area contributed by atoms with Crippen LogP contribution < -0.4 is 5.43 Å². The highest BCUT2D eigenvalue weighted by molar-refractivity contribution is 5.92. The molecule has 10 nitrogen and oxygen atoms in total. The maximum Gasteiger partial charge on any atom is 0.324 e. The van der Waals surface area contributed by atoms with Crippen LogP contribution in [0.1, 0.15) is 55.4 Å². The summed E-state index contributed by atoms with van der Waals surface area (Å²) in [5.74, 6) is -3.82. The zero-order chi connectivity index (χ0) is 25.8. The number of hydrogen-bond acceptors (Lipinski definition) is 9. The molecule has 35 heavy (non-hydrogen) atoms. The lowest BCUT2D eigenvalue weighted by atomic mass is 9.73. The van der Waals surface area contributed by atoms with Gasteiger partial charge in [-0.2, -0.15) is 0 Å². The number of rotatable bonds is 5. The zero-order valence-corrected chi connectivity index (χ0v) is 20.5. The number of phenolic OH excluding ortho intramolecular Hbond substituents is 2. The molecule has 0 radical (unpaired) electrons. The average Bonchev–Trinajstić information content (AvgIpc) is 3.07. The van der Waals surface area contributed by atoms with Gasteiger partial charge in [0.05, 0.1) is 12.2 Å². The van der Waals surface area contributed by atoms with E-state index < -0.39 is 52.5 Å². The molecular weight excluding hydrogens is 456 g/mol. The summed E-state index contributed by atoms with van der Waals surface area (Å²) in [6.07, 6.45) is -1.60. The molecule has 0 spiro atoms. The van der Waals surface area contributed by atoms with E-state index in [9.17, 15) is 35.1 Å². The van der Waals surface area contributed by atoms with Gasteiger partial charge >= 0.3 is 5.97 Å². The molecule has 4 rings (SSSR count). The average molecular weight is 491 g/mol. The van der Waals surface area contributed by atoms with Gasteiger partial charge < -0.3 is 34.8 Å². The quantitative estimate of drug-likeness (QED) is 0.414. The van der Waals surface area contributed by atoms with Crippen LogP contribution in [0.2, 0.25) is 0 Å². The number of phenols is 2. The van der Waals surface area contributed by atoms with Crippen LogP contribution in [0.3, 0.4) is 0 Å². The number of aliphatic hydroxyl groups is 2. The predicted octanol–water partition coefficient (Wildman–Crippen LogP) is 1.31. The first kappa shape index (κ1) is 25.4. The first-order chi connectivity index (χ1) is 16.5. The second kappa shape index (κ2) is 9.09. The first-order valence-electron chi connectivity index (χ1n) is 12.0. The summed E-state index contributed by atoms with van der Waals surface area (Å²) in [7, 11) is 1.86. The van der Waals surface area contributed by atoms with Gasteiger partial charge in [-0.15, -0.1) is 0 Å². The van der Waals surface area contributed by atoms with Crippen LogP contribution >= 0.6 is 0 Å². The Hall–Kier alpha value is -2.66. The fourth-order valence-electron chi connectivity index (χ4n) is 6.30. The van der Waals surface area contributed by atoms with Gasteiger partial charge in [0.15, 0.2) is 5.43 Å². The Morgan fingerprint density at radius 2 is 1.83 bits per heavy atom. The molecule has 3 heterocycles. The molecule has 1 aromatic carbocycles. The molecule has 0 bridgehead atoms. The van der Waals surface area contributed by atoms with Gasteiger partial charge in [-0.1, -0.05) is 13.8 Å². The second-order valence-corrected chi connectivity index (χ2v) is 9.84. The molecule has 5 atom stereocenters. The van der Waals surface area contributed by atoms with Crippen LogP contribution in [-0.2, 0) is 4.79 Å². The molecule has 2 aliphatic rings. The topological polar surface area (TPSA) is 155 Å². The number of aliphatic carboxylic acids is 1. The van der Waals surface area contributed by atoms with E-state index >= 15 is 0 Å². The minimum absolute atomic E-state index is 0.0207. The number of nitrogens with zero attached hydrogens (tertiary/aromatic N) is 2. The van der Waals surface area contributed by atoms with Crippen LogP contribution in [0.5, 0.6) is 11.5 Å². The second-order valence-electron chi connectivity index (χ2n) is 9.84. The molecule has 1 aromatic heterocycles. The zero-order valence-electron chi connectivity index (χ0n) is 20.5. The van der Waals surface area contributed by atoms with E-state index in [1.54, 1.807) is 25.7 Å². The van der Waals surface area contributed by atoms with Crippen molar-refractivity contribution < 1.29 is 34.7 Å². The Morgan fingerprint density at radius 3 is 2.40 bits per heavy atom. The van der Waals surface area contributed by atoms with Crippen molar-refractivity contribution in [2.24, 2.45) is 0 Å². The third kappa shape index (κ3) is 3.70. The number of β-amino-alcohol motifs (C(OH)–C–C–N with tert-alkyl or cyclic N) is 2. The summed E-state index contributed by atoms with van der Waals surface area (Å²) < 4.78 is 5.84. The van der Waals surface area contributed by atoms with Crippen LogP contribution in [0.4, 0.5) is 0 Å². The summed E-state index contributed by atoms with van der Waals surface area (Å²) >= 11 is 0. The number of likely N-dealkylation sites (N-methyl/N-ethyl adjacent to an activating group) is 2. The molecule has 0 amide bonds. The number of aliphatic hydroxyl groups excluding tert-OH is 2. The molecule has 5 unspecified atom stereocenters. The van der Waals surface area contributed by atoms with Crippen molar-refractivity contribution in [3.05, 3.63) is 33.2 Å². The number of piperidine rings is 1. The minimum Gasteiger partial charge on any atom is -0.507 e. The number of aromatic hydroxyl groups is 2. The number of aryl methyl sites for hydroxylation is 1. The van der Waals surface area contributed by atoms with Gasteiger partial charge in [-0.05, 0) is 39.9 Å². The Kier molecular flexibility index (Phi) is 6.60. The number of carboxylic acids is 1. The maximum absolute atomic E-state index is 13.1. The Balaban J connectivity index is 2.10. The largest absolute Gasteiger partial charge is 0.507 e. The molecule has 10 heteroatoms. The van der Waals surface area contributed by atoms with E-state index in [1.165, 1.54) is 6.07 Å². The number of carboxylic acid groups (broad SMARTS) is 1. The van der Waals surface area contributed by atoms with Crippen LogP contribution in [-0.4, -0.2) is 92.3 Å². The normalized spacial score (nSPS) is 30.2. The van der Waals surface area contributed by atoms with Crippen molar-refractivity contribution in [1.82, 2.24) is 9.80 Å². The van der Waals surface area contributed by atoms with E-state index in [4.69, 9.17) is 4.42 Å². The fourth-order valence-corrected chi connectivity index (χ4v) is 6.30. The number of carbonyl (C=O) groups is 1. The van der Waals surface area contributed by atoms with Crippen molar-refractivity contribution >= 4 is 16.9 Å². The van der Waals surface area contributed by atoms with Gasteiger partial charge in [-0.25, -0.2) is 0 Å². The molecule has 2 fully saturated rings. The molecule has 2 aliphatic heterocycles. The highest BCUT2D eigenvalue weighted by Crippen LogP contribution is 2.54. The smallest absolute Gasteiger partial charge is 0.324 e. The highest BCUT2D eigenvalue weighted by atomic mass is 16.4. The lowest BCUT2D eigenvalue weighted by molar-refractivity contribution is -0.151. The number of likely N-dealkylation sites (tertiary alicyclic amines) is 2. The summed E-state index contributed by atoms with van der Waals surface area (Å²) in [4.78, 5) is 29.3. The van der Waals surface area contributed by atoms with E-state index in [0.717, 1.165) is 0 Å². The van der Waals surface area contributed by atoms with Crippen molar-refractivity contribution in [1.29, 1.82) is 0 Å².